The molecule has 2 nitrogen and oxygen atoms in total. The summed E-state index contributed by atoms with van der Waals surface area (Å²) >= 11 is 11.7. The predicted molar refractivity (Wildman–Crippen MR) is 64.8 cm³/mol. The maximum absolute atomic E-state index is 11.4. The van der Waals surface area contributed by atoms with Crippen molar-refractivity contribution in [3.05, 3.63) is 28.2 Å². The normalized spacial score (nSPS) is 10.5. The number of nitrogens with zero attached hydrogens (tertiary/aromatic N) is 1. The highest BCUT2D eigenvalue weighted by Gasteiger charge is 2.15. The van der Waals surface area contributed by atoms with Gasteiger partial charge in [0, 0.05) is 18.7 Å². The molecule has 0 aliphatic carbocycles. The van der Waals surface area contributed by atoms with Crippen molar-refractivity contribution in [1.29, 1.82) is 0 Å². The van der Waals surface area contributed by atoms with Crippen LogP contribution < -0.4 is 4.90 Å². The van der Waals surface area contributed by atoms with Crippen molar-refractivity contribution in [1.82, 2.24) is 0 Å². The molecule has 0 radical (unpaired) electrons. The van der Waals surface area contributed by atoms with Crippen LogP contribution >= 0.6 is 23.2 Å². The Balaban J connectivity index is 3.12. The minimum Gasteiger partial charge on any atom is -0.310 e. The van der Waals surface area contributed by atoms with E-state index in [0.29, 0.717) is 10.0 Å². The van der Waals surface area contributed by atoms with E-state index < -0.39 is 0 Å². The molecule has 0 saturated heterocycles. The summed E-state index contributed by atoms with van der Waals surface area (Å²) in [5, 5.41) is 0.953. The molecule has 82 valence electrons. The number of hydrogen-bond donors (Lipinski definition) is 0. The fraction of sp³-hybridized carbons (Fsp3) is 0.364. The van der Waals surface area contributed by atoms with Crippen molar-refractivity contribution >= 4 is 34.8 Å². The first-order valence-electron chi connectivity index (χ1n) is 4.68. The van der Waals surface area contributed by atoms with Gasteiger partial charge in [-0.2, -0.15) is 0 Å². The van der Waals surface area contributed by atoms with E-state index in [9.17, 15) is 4.79 Å². The van der Waals surface area contributed by atoms with E-state index in [4.69, 9.17) is 23.2 Å². The monoisotopic (exact) mass is 245 g/mol. The summed E-state index contributed by atoms with van der Waals surface area (Å²) in [6, 6.07) is 5.28. The zero-order chi connectivity index (χ0) is 11.6. The van der Waals surface area contributed by atoms with E-state index in [0.717, 1.165) is 5.69 Å². The van der Waals surface area contributed by atoms with Crippen LogP contribution in [0.5, 0.6) is 0 Å². The molecule has 0 spiro atoms. The van der Waals surface area contributed by atoms with Gasteiger partial charge in [0.2, 0.25) is 5.91 Å². The number of hydrogen-bond acceptors (Lipinski definition) is 1. The highest BCUT2D eigenvalue weighted by atomic mass is 35.5. The van der Waals surface area contributed by atoms with Gasteiger partial charge >= 0.3 is 0 Å². The summed E-state index contributed by atoms with van der Waals surface area (Å²) < 4.78 is 0. The van der Waals surface area contributed by atoms with Gasteiger partial charge in [-0.1, -0.05) is 23.2 Å². The number of anilines is 1. The molecule has 0 unspecified atom stereocenters. The molecule has 15 heavy (non-hydrogen) atoms. The van der Waals surface area contributed by atoms with E-state index in [1.54, 1.807) is 23.1 Å². The van der Waals surface area contributed by atoms with Crippen molar-refractivity contribution in [2.24, 2.45) is 0 Å². The maximum atomic E-state index is 11.4. The number of rotatable bonds is 2. The lowest BCUT2D eigenvalue weighted by Crippen LogP contribution is -2.35. The van der Waals surface area contributed by atoms with Crippen molar-refractivity contribution in [3.8, 4) is 0 Å². The first-order valence-corrected chi connectivity index (χ1v) is 5.44. The van der Waals surface area contributed by atoms with Gasteiger partial charge in [0.1, 0.15) is 0 Å². The van der Waals surface area contributed by atoms with Crippen LogP contribution in [0.15, 0.2) is 18.2 Å². The molecule has 4 heteroatoms. The van der Waals surface area contributed by atoms with Crippen molar-refractivity contribution in [3.63, 3.8) is 0 Å². The third kappa shape index (κ3) is 2.86. The number of amides is 1. The molecule has 1 aromatic rings. The molecule has 0 atom stereocenters. The summed E-state index contributed by atoms with van der Waals surface area (Å²) in [4.78, 5) is 13.1. The molecular formula is C11H13Cl2NO. The van der Waals surface area contributed by atoms with Gasteiger partial charge in [-0.05, 0) is 32.0 Å². The van der Waals surface area contributed by atoms with E-state index in [-0.39, 0.29) is 11.9 Å². The Bertz CT molecular complexity index is 377. The Morgan fingerprint density at radius 2 is 1.87 bits per heavy atom. The average molecular weight is 246 g/mol. The van der Waals surface area contributed by atoms with Crippen LogP contribution in [0.4, 0.5) is 5.69 Å². The van der Waals surface area contributed by atoms with Crippen molar-refractivity contribution in [2.45, 2.75) is 26.8 Å². The van der Waals surface area contributed by atoms with Crippen LogP contribution in [0.1, 0.15) is 20.8 Å². The van der Waals surface area contributed by atoms with Crippen LogP contribution in [0.2, 0.25) is 10.0 Å². The van der Waals surface area contributed by atoms with E-state index in [1.807, 2.05) is 13.8 Å². The molecular weight excluding hydrogens is 233 g/mol. The molecule has 1 rings (SSSR count). The van der Waals surface area contributed by atoms with E-state index in [2.05, 4.69) is 0 Å². The van der Waals surface area contributed by atoms with Crippen LogP contribution in [0.25, 0.3) is 0 Å². The lowest BCUT2D eigenvalue weighted by Gasteiger charge is -2.25. The third-order valence-corrected chi connectivity index (χ3v) is 2.78. The van der Waals surface area contributed by atoms with Crippen LogP contribution in [0.3, 0.4) is 0 Å². The zero-order valence-corrected chi connectivity index (χ0v) is 10.4. The quantitative estimate of drug-likeness (QED) is 0.778. The van der Waals surface area contributed by atoms with Gasteiger partial charge in [-0.25, -0.2) is 0 Å². The molecule has 0 aromatic heterocycles. The molecule has 0 fully saturated rings. The first kappa shape index (κ1) is 12.3. The molecule has 1 amide bonds. The Hall–Kier alpha value is -0.730. The zero-order valence-electron chi connectivity index (χ0n) is 8.92. The summed E-state index contributed by atoms with van der Waals surface area (Å²) in [6.45, 7) is 5.43. The highest BCUT2D eigenvalue weighted by Crippen LogP contribution is 2.28. The summed E-state index contributed by atoms with van der Waals surface area (Å²) in [6.07, 6.45) is 0. The fourth-order valence-corrected chi connectivity index (χ4v) is 1.77. The molecule has 0 aliphatic heterocycles. The van der Waals surface area contributed by atoms with Gasteiger partial charge in [-0.3, -0.25) is 4.79 Å². The van der Waals surface area contributed by atoms with E-state index >= 15 is 0 Å². The Morgan fingerprint density at radius 1 is 1.27 bits per heavy atom. The predicted octanol–water partition coefficient (Wildman–Crippen LogP) is 3.75. The summed E-state index contributed by atoms with van der Waals surface area (Å²) in [5.74, 6) is -0.0108. The van der Waals surface area contributed by atoms with Crippen molar-refractivity contribution in [2.75, 3.05) is 4.90 Å². The van der Waals surface area contributed by atoms with Gasteiger partial charge < -0.3 is 4.90 Å². The van der Waals surface area contributed by atoms with Crippen molar-refractivity contribution < 1.29 is 4.79 Å². The van der Waals surface area contributed by atoms with Gasteiger partial charge in [-0.15, -0.1) is 0 Å². The number of benzene rings is 1. The van der Waals surface area contributed by atoms with E-state index in [1.165, 1.54) is 6.92 Å². The molecule has 0 saturated carbocycles. The maximum Gasteiger partial charge on any atom is 0.224 e. The van der Waals surface area contributed by atoms with Crippen LogP contribution in [-0.2, 0) is 4.79 Å². The summed E-state index contributed by atoms with van der Waals surface area (Å²) in [5.41, 5.74) is 0.770. The molecule has 0 aliphatic rings. The lowest BCUT2D eigenvalue weighted by molar-refractivity contribution is -0.116. The topological polar surface area (TPSA) is 20.3 Å². The molecule has 0 N–H and O–H groups in total. The highest BCUT2D eigenvalue weighted by molar-refractivity contribution is 6.42. The average Bonchev–Trinajstić information content (AvgIpc) is 2.10. The largest absolute Gasteiger partial charge is 0.310 e. The Kier molecular flexibility index (Phi) is 4.00. The minimum absolute atomic E-state index is 0.0108. The molecule has 0 heterocycles. The smallest absolute Gasteiger partial charge is 0.224 e. The number of carbonyl (C=O) groups excluding carboxylic acids is 1. The lowest BCUT2D eigenvalue weighted by atomic mass is 10.2. The second-order valence-electron chi connectivity index (χ2n) is 3.58. The second-order valence-corrected chi connectivity index (χ2v) is 4.40. The standard InChI is InChI=1S/C11H13Cl2NO/c1-7(2)14(8(3)15)9-4-5-10(12)11(13)6-9/h4-7H,1-3H3. The Labute approximate surface area is 99.8 Å². The molecule has 1 aromatic carbocycles. The second kappa shape index (κ2) is 4.86. The first-order chi connectivity index (χ1) is 6.93. The SMILES string of the molecule is CC(=O)N(c1ccc(Cl)c(Cl)c1)C(C)C. The summed E-state index contributed by atoms with van der Waals surface area (Å²) in [7, 11) is 0. The number of carbonyl (C=O) groups is 1. The minimum atomic E-state index is -0.0108. The van der Waals surface area contributed by atoms with Gasteiger partial charge in [0.25, 0.3) is 0 Å². The van der Waals surface area contributed by atoms with Crippen LogP contribution in [0, 0.1) is 0 Å². The fourth-order valence-electron chi connectivity index (χ4n) is 1.48. The molecule has 0 bridgehead atoms. The Morgan fingerprint density at radius 3 is 2.27 bits per heavy atom. The third-order valence-electron chi connectivity index (χ3n) is 2.04. The van der Waals surface area contributed by atoms with Gasteiger partial charge in [0.15, 0.2) is 0 Å². The van der Waals surface area contributed by atoms with Crippen LogP contribution in [-0.4, -0.2) is 11.9 Å². The number of halogens is 2. The van der Waals surface area contributed by atoms with Gasteiger partial charge in [0.05, 0.1) is 10.0 Å².